The lowest BCUT2D eigenvalue weighted by Gasteiger charge is -2.38. The van der Waals surface area contributed by atoms with Gasteiger partial charge in [0.05, 0.1) is 18.1 Å². The number of fused-ring (bicyclic) bond motifs is 1. The van der Waals surface area contributed by atoms with Crippen LogP contribution in [0.15, 0.2) is 36.5 Å². The second-order valence-electron chi connectivity index (χ2n) is 9.01. The number of nitrogens with zero attached hydrogens (tertiary/aromatic N) is 4. The summed E-state index contributed by atoms with van der Waals surface area (Å²) in [6.07, 6.45) is 4.85. The van der Waals surface area contributed by atoms with Gasteiger partial charge in [-0.3, -0.25) is 9.80 Å². The van der Waals surface area contributed by atoms with Gasteiger partial charge in [-0.1, -0.05) is 6.92 Å². The molecule has 170 valence electrons. The van der Waals surface area contributed by atoms with Crippen molar-refractivity contribution in [3.8, 4) is 5.75 Å². The van der Waals surface area contributed by atoms with Crippen LogP contribution >= 0.6 is 0 Å². The molecule has 0 bridgehead atoms. The van der Waals surface area contributed by atoms with Gasteiger partial charge in [-0.25, -0.2) is 18.8 Å². The average Bonchev–Trinajstić information content (AvgIpc) is 3.30. The molecule has 5 rings (SSSR count). The van der Waals surface area contributed by atoms with E-state index in [0.29, 0.717) is 25.1 Å². The van der Waals surface area contributed by atoms with E-state index < -0.39 is 17.0 Å². The number of pyridine rings is 1. The molecule has 6 nitrogen and oxygen atoms in total. The molecule has 8 heteroatoms. The van der Waals surface area contributed by atoms with Crippen LogP contribution in [0, 0.1) is 17.0 Å². The first kappa shape index (κ1) is 21.1. The minimum Gasteiger partial charge on any atom is -0.493 e. The van der Waals surface area contributed by atoms with Crippen molar-refractivity contribution < 1.29 is 18.3 Å². The maximum absolute atomic E-state index is 13.8. The summed E-state index contributed by atoms with van der Waals surface area (Å²) in [6.45, 7) is 5.60. The average molecular weight is 443 g/mol. The van der Waals surface area contributed by atoms with E-state index in [1.54, 1.807) is 11.2 Å². The summed E-state index contributed by atoms with van der Waals surface area (Å²) in [7, 11) is 0. The zero-order valence-corrected chi connectivity index (χ0v) is 18.3. The lowest BCUT2D eigenvalue weighted by molar-refractivity contribution is -0.143. The summed E-state index contributed by atoms with van der Waals surface area (Å²) in [5.41, 5.74) is 0.0816. The lowest BCUT2D eigenvalue weighted by atomic mass is 9.77. The minimum absolute atomic E-state index is 0.0808. The molecule has 0 unspecified atom stereocenters. The Morgan fingerprint density at radius 2 is 1.88 bits per heavy atom. The van der Waals surface area contributed by atoms with Gasteiger partial charge in [0.2, 0.25) is 5.91 Å². The molecule has 3 saturated heterocycles. The maximum atomic E-state index is 13.8. The lowest BCUT2D eigenvalue weighted by Crippen LogP contribution is -2.46. The van der Waals surface area contributed by atoms with Crippen molar-refractivity contribution in [1.29, 1.82) is 0 Å². The molecule has 1 aromatic heterocycles. The molecule has 1 amide bonds. The molecule has 3 aliphatic heterocycles. The fourth-order valence-corrected chi connectivity index (χ4v) is 5.28. The molecule has 4 heterocycles. The maximum Gasteiger partial charge on any atom is 0.245 e. The van der Waals surface area contributed by atoms with Crippen LogP contribution in [0.1, 0.15) is 44.2 Å². The van der Waals surface area contributed by atoms with E-state index >= 15 is 0 Å². The Bertz CT molecular complexity index is 989. The van der Waals surface area contributed by atoms with Crippen LogP contribution in [0.3, 0.4) is 0 Å². The first-order valence-electron chi connectivity index (χ1n) is 11.4. The van der Waals surface area contributed by atoms with Crippen molar-refractivity contribution in [1.82, 2.24) is 15.0 Å². The number of hydrazine groups is 1. The van der Waals surface area contributed by atoms with E-state index in [0.717, 1.165) is 56.5 Å². The van der Waals surface area contributed by atoms with Crippen LogP contribution in [0.25, 0.3) is 0 Å². The highest BCUT2D eigenvalue weighted by atomic mass is 19.1. The van der Waals surface area contributed by atoms with Gasteiger partial charge in [0.15, 0.2) is 0 Å². The topological polar surface area (TPSA) is 48.9 Å². The third-order valence-corrected chi connectivity index (χ3v) is 6.91. The second-order valence-corrected chi connectivity index (χ2v) is 9.01. The van der Waals surface area contributed by atoms with Crippen molar-refractivity contribution in [3.63, 3.8) is 0 Å². The van der Waals surface area contributed by atoms with Crippen molar-refractivity contribution in [2.75, 3.05) is 37.7 Å². The van der Waals surface area contributed by atoms with Gasteiger partial charge in [0, 0.05) is 44.5 Å². The number of carbonyl (C=O) groups excluding carboxylic acids is 1. The Hall–Kier alpha value is -2.74. The summed E-state index contributed by atoms with van der Waals surface area (Å²) in [4.78, 5) is 20.3. The van der Waals surface area contributed by atoms with Gasteiger partial charge >= 0.3 is 0 Å². The smallest absolute Gasteiger partial charge is 0.245 e. The van der Waals surface area contributed by atoms with E-state index in [9.17, 15) is 13.6 Å². The van der Waals surface area contributed by atoms with Crippen molar-refractivity contribution in [3.05, 3.63) is 53.7 Å². The number of carbonyl (C=O) groups is 1. The number of halogens is 2. The third-order valence-electron chi connectivity index (χ3n) is 6.91. The number of hydrogen-bond donors (Lipinski definition) is 0. The van der Waals surface area contributed by atoms with Crippen molar-refractivity contribution in [2.24, 2.45) is 5.41 Å². The highest BCUT2D eigenvalue weighted by molar-refractivity contribution is 5.85. The van der Waals surface area contributed by atoms with Crippen LogP contribution < -0.4 is 9.64 Å². The first-order chi connectivity index (χ1) is 15.5. The van der Waals surface area contributed by atoms with Gasteiger partial charge in [0.1, 0.15) is 23.2 Å². The van der Waals surface area contributed by atoms with Crippen molar-refractivity contribution >= 4 is 11.7 Å². The van der Waals surface area contributed by atoms with Crippen LogP contribution in [-0.2, 0) is 4.79 Å². The predicted molar refractivity (Wildman–Crippen MR) is 116 cm³/mol. The normalized spacial score (nSPS) is 22.6. The molecular weight excluding hydrogens is 414 g/mol. The Kier molecular flexibility index (Phi) is 5.49. The van der Waals surface area contributed by atoms with E-state index in [-0.39, 0.29) is 11.9 Å². The fraction of sp³-hybridized carbons (Fsp3) is 0.500. The fourth-order valence-electron chi connectivity index (χ4n) is 5.28. The monoisotopic (exact) mass is 442 g/mol. The highest BCUT2D eigenvalue weighted by Crippen LogP contribution is 2.47. The molecule has 1 spiro atoms. The number of piperidine rings is 1. The Morgan fingerprint density at radius 3 is 2.59 bits per heavy atom. The number of amides is 1. The molecule has 0 radical (unpaired) electrons. The van der Waals surface area contributed by atoms with E-state index in [1.807, 2.05) is 12.1 Å². The van der Waals surface area contributed by atoms with Crippen molar-refractivity contribution in [2.45, 2.75) is 38.6 Å². The number of benzene rings is 1. The van der Waals surface area contributed by atoms with Gasteiger partial charge in [-0.15, -0.1) is 0 Å². The van der Waals surface area contributed by atoms with Gasteiger partial charge in [-0.05, 0) is 49.4 Å². The number of anilines is 1. The Balaban J connectivity index is 1.29. The molecule has 1 aromatic carbocycles. The molecule has 0 aliphatic carbocycles. The third kappa shape index (κ3) is 3.70. The van der Waals surface area contributed by atoms with Crippen LogP contribution in [0.5, 0.6) is 5.75 Å². The SMILES string of the molecule is CCCOc1ccnc(N2CCC3(CC2)CN2CC[C@@H](c4cc(F)cc(F)c4)N2C3=O)c1. The molecule has 1 atom stereocenters. The molecule has 0 N–H and O–H groups in total. The quantitative estimate of drug-likeness (QED) is 0.702. The molecule has 3 fully saturated rings. The van der Waals surface area contributed by atoms with Crippen LogP contribution in [-0.4, -0.2) is 53.7 Å². The minimum atomic E-state index is -0.606. The molecular formula is C24H28F2N4O2. The zero-order chi connectivity index (χ0) is 22.3. The Morgan fingerprint density at radius 1 is 1.12 bits per heavy atom. The van der Waals surface area contributed by atoms with E-state index in [2.05, 4.69) is 21.8 Å². The van der Waals surface area contributed by atoms with Gasteiger partial charge < -0.3 is 9.64 Å². The summed E-state index contributed by atoms with van der Waals surface area (Å²) < 4.78 is 33.3. The molecule has 32 heavy (non-hydrogen) atoms. The van der Waals surface area contributed by atoms with Gasteiger partial charge in [-0.2, -0.15) is 0 Å². The summed E-state index contributed by atoms with van der Waals surface area (Å²) >= 11 is 0. The van der Waals surface area contributed by atoms with Crippen LogP contribution in [0.4, 0.5) is 14.6 Å². The summed E-state index contributed by atoms with van der Waals surface area (Å²) in [6, 6.07) is 7.08. The van der Waals surface area contributed by atoms with E-state index in [1.165, 1.54) is 12.1 Å². The Labute approximate surface area is 186 Å². The zero-order valence-electron chi connectivity index (χ0n) is 18.3. The number of aromatic nitrogens is 1. The van der Waals surface area contributed by atoms with Crippen LogP contribution in [0.2, 0.25) is 0 Å². The number of hydrogen-bond acceptors (Lipinski definition) is 5. The van der Waals surface area contributed by atoms with Gasteiger partial charge in [0.25, 0.3) is 0 Å². The second kappa shape index (κ2) is 8.31. The number of ether oxygens (including phenoxy) is 1. The predicted octanol–water partition coefficient (Wildman–Crippen LogP) is 3.94. The standard InChI is InChI=1S/C24H28F2N4O2/c1-2-11-32-20-3-7-27-22(15-20)28-9-5-24(6-10-28)16-29-8-4-21(30(29)23(24)31)17-12-18(25)14-19(26)13-17/h3,7,12-15,21H,2,4-6,8-11,16H2,1H3/t21-/m0/s1. The molecule has 3 aliphatic rings. The summed E-state index contributed by atoms with van der Waals surface area (Å²) in [5, 5.41) is 3.84. The van der Waals surface area contributed by atoms with E-state index in [4.69, 9.17) is 4.74 Å². The number of rotatable bonds is 5. The molecule has 0 saturated carbocycles. The summed E-state index contributed by atoms with van der Waals surface area (Å²) in [5.74, 6) is 0.549. The molecule has 2 aromatic rings. The highest BCUT2D eigenvalue weighted by Gasteiger charge is 2.56. The first-order valence-corrected chi connectivity index (χ1v) is 11.4. The largest absolute Gasteiger partial charge is 0.493 e.